The summed E-state index contributed by atoms with van der Waals surface area (Å²) in [7, 11) is 1.77. The fraction of sp³-hybridized carbons (Fsp3) is 0.375. The number of nitrogens with one attached hydrogen (secondary N) is 2. The largest absolute Gasteiger partial charge is 0.493 e. The Morgan fingerprint density at radius 1 is 1.21 bits per heavy atom. The first kappa shape index (κ1) is 25.0. The maximum absolute atomic E-state index is 6.15. The Morgan fingerprint density at radius 2 is 2.09 bits per heavy atom. The van der Waals surface area contributed by atoms with Crippen molar-refractivity contribution in [2.24, 2.45) is 10.9 Å². The lowest BCUT2D eigenvalue weighted by Gasteiger charge is -2.17. The number of aryl methyl sites for hydroxylation is 1. The zero-order valence-corrected chi connectivity index (χ0v) is 21.4. The fourth-order valence-corrected chi connectivity index (χ4v) is 3.55. The number of benzene rings is 1. The van der Waals surface area contributed by atoms with E-state index in [0.29, 0.717) is 25.6 Å². The van der Waals surface area contributed by atoms with Gasteiger partial charge in [-0.05, 0) is 48.7 Å². The minimum Gasteiger partial charge on any atom is -0.493 e. The van der Waals surface area contributed by atoms with Crippen LogP contribution >= 0.6 is 24.0 Å². The van der Waals surface area contributed by atoms with E-state index in [4.69, 9.17) is 9.47 Å². The molecule has 1 unspecified atom stereocenters. The van der Waals surface area contributed by atoms with Crippen LogP contribution in [0.25, 0.3) is 5.82 Å². The number of pyridine rings is 1. The van der Waals surface area contributed by atoms with Gasteiger partial charge in [-0.25, -0.2) is 9.67 Å². The Labute approximate surface area is 211 Å². The minimum atomic E-state index is 0. The Morgan fingerprint density at radius 3 is 2.85 bits per heavy atom. The molecule has 0 spiro atoms. The number of guanidine groups is 1. The highest BCUT2D eigenvalue weighted by molar-refractivity contribution is 14.0. The van der Waals surface area contributed by atoms with Crippen molar-refractivity contribution in [3.05, 3.63) is 71.7 Å². The van der Waals surface area contributed by atoms with Gasteiger partial charge in [0.05, 0.1) is 13.2 Å². The van der Waals surface area contributed by atoms with Crippen molar-refractivity contribution in [2.75, 3.05) is 26.9 Å². The molecule has 0 bridgehead atoms. The second kappa shape index (κ2) is 12.5. The van der Waals surface area contributed by atoms with Gasteiger partial charge in [-0.15, -0.1) is 24.0 Å². The van der Waals surface area contributed by atoms with E-state index in [1.165, 1.54) is 5.56 Å². The number of hydrogen-bond acceptors (Lipinski definition) is 5. The minimum absolute atomic E-state index is 0. The zero-order valence-electron chi connectivity index (χ0n) is 19.0. The van der Waals surface area contributed by atoms with Crippen molar-refractivity contribution >= 4 is 29.9 Å². The quantitative estimate of drug-likeness (QED) is 0.249. The van der Waals surface area contributed by atoms with E-state index in [9.17, 15) is 0 Å². The van der Waals surface area contributed by atoms with Gasteiger partial charge in [0.15, 0.2) is 11.8 Å². The highest BCUT2D eigenvalue weighted by Crippen LogP contribution is 2.22. The summed E-state index contributed by atoms with van der Waals surface area (Å²) in [5, 5.41) is 11.0. The molecule has 4 rings (SSSR count). The third-order valence-corrected chi connectivity index (χ3v) is 5.40. The summed E-state index contributed by atoms with van der Waals surface area (Å²) < 4.78 is 13.4. The molecule has 2 N–H and O–H groups in total. The number of rotatable bonds is 8. The van der Waals surface area contributed by atoms with Crippen LogP contribution in [0.15, 0.2) is 60.0 Å². The molecular weight excluding hydrogens is 531 g/mol. The molecule has 0 aliphatic carbocycles. The van der Waals surface area contributed by atoms with E-state index in [1.54, 1.807) is 24.1 Å². The van der Waals surface area contributed by atoms with Crippen molar-refractivity contribution in [3.63, 3.8) is 0 Å². The van der Waals surface area contributed by atoms with E-state index in [2.05, 4.69) is 50.8 Å². The normalized spacial score (nSPS) is 15.7. The van der Waals surface area contributed by atoms with Crippen molar-refractivity contribution in [1.29, 1.82) is 0 Å². The molecule has 9 heteroatoms. The van der Waals surface area contributed by atoms with Gasteiger partial charge in [-0.1, -0.05) is 12.1 Å². The summed E-state index contributed by atoms with van der Waals surface area (Å²) >= 11 is 0. The maximum Gasteiger partial charge on any atom is 0.191 e. The number of aromatic nitrogens is 3. The van der Waals surface area contributed by atoms with Gasteiger partial charge in [-0.3, -0.25) is 4.99 Å². The lowest BCUT2D eigenvalue weighted by molar-refractivity contribution is 0.166. The van der Waals surface area contributed by atoms with E-state index >= 15 is 0 Å². The molecule has 1 aliphatic rings. The Kier molecular flexibility index (Phi) is 9.49. The molecule has 176 valence electrons. The zero-order chi connectivity index (χ0) is 22.2. The van der Waals surface area contributed by atoms with Crippen LogP contribution in [0.2, 0.25) is 0 Å². The third-order valence-electron chi connectivity index (χ3n) is 5.40. The second-order valence-electron chi connectivity index (χ2n) is 7.90. The third kappa shape index (κ3) is 7.16. The average molecular weight is 562 g/mol. The number of halogens is 1. The topological polar surface area (TPSA) is 85.6 Å². The Balaban J connectivity index is 0.00000306. The van der Waals surface area contributed by atoms with Crippen LogP contribution in [0.3, 0.4) is 0 Å². The number of hydrogen-bond donors (Lipinski definition) is 2. The van der Waals surface area contributed by atoms with Crippen LogP contribution in [-0.4, -0.2) is 47.6 Å². The molecule has 0 radical (unpaired) electrons. The monoisotopic (exact) mass is 562 g/mol. The predicted molar refractivity (Wildman–Crippen MR) is 139 cm³/mol. The van der Waals surface area contributed by atoms with Crippen molar-refractivity contribution < 1.29 is 9.47 Å². The molecule has 8 nitrogen and oxygen atoms in total. The van der Waals surface area contributed by atoms with Crippen LogP contribution in [0.4, 0.5) is 0 Å². The van der Waals surface area contributed by atoms with Gasteiger partial charge in [0.25, 0.3) is 0 Å². The first-order chi connectivity index (χ1) is 15.7. The first-order valence-corrected chi connectivity index (χ1v) is 10.9. The average Bonchev–Trinajstić information content (AvgIpc) is 3.53. The van der Waals surface area contributed by atoms with Crippen LogP contribution in [-0.2, 0) is 17.8 Å². The van der Waals surface area contributed by atoms with Crippen LogP contribution in [0.5, 0.6) is 5.75 Å². The molecule has 2 aromatic heterocycles. The summed E-state index contributed by atoms with van der Waals surface area (Å²) in [6, 6.07) is 12.2. The highest BCUT2D eigenvalue weighted by Gasteiger charge is 2.17. The molecule has 1 aromatic carbocycles. The molecular formula is C24H31IN6O2. The Bertz CT molecular complexity index is 1040. The summed E-state index contributed by atoms with van der Waals surface area (Å²) in [6.07, 6.45) is 6.46. The first-order valence-electron chi connectivity index (χ1n) is 10.9. The van der Waals surface area contributed by atoms with Crippen LogP contribution in [0.1, 0.15) is 23.1 Å². The lowest BCUT2D eigenvalue weighted by Crippen LogP contribution is -2.36. The molecule has 1 saturated heterocycles. The molecule has 33 heavy (non-hydrogen) atoms. The van der Waals surface area contributed by atoms with E-state index < -0.39 is 0 Å². The van der Waals surface area contributed by atoms with E-state index in [1.807, 2.05) is 24.4 Å². The van der Waals surface area contributed by atoms with Gasteiger partial charge in [0.1, 0.15) is 5.75 Å². The highest BCUT2D eigenvalue weighted by atomic mass is 127. The number of ether oxygens (including phenoxy) is 2. The van der Waals surface area contributed by atoms with Crippen molar-refractivity contribution in [1.82, 2.24) is 25.4 Å². The van der Waals surface area contributed by atoms with E-state index in [-0.39, 0.29) is 24.0 Å². The molecule has 3 aromatic rings. The molecule has 0 saturated carbocycles. The predicted octanol–water partition coefficient (Wildman–Crippen LogP) is 3.47. The van der Waals surface area contributed by atoms with E-state index in [0.717, 1.165) is 48.3 Å². The summed E-state index contributed by atoms with van der Waals surface area (Å²) in [6.45, 7) is 5.62. The molecule has 3 heterocycles. The second-order valence-corrected chi connectivity index (χ2v) is 7.90. The van der Waals surface area contributed by atoms with Crippen LogP contribution in [0, 0.1) is 12.8 Å². The SMILES string of the molecule is CN=C(NCc1ccnc(-n2cccn2)c1)NCc1ccc(C)cc1OCC1CCOC1.I. The Hall–Kier alpha value is -2.66. The number of aliphatic imine (C=N–C) groups is 1. The van der Waals surface area contributed by atoms with Gasteiger partial charge < -0.3 is 20.1 Å². The molecule has 1 fully saturated rings. The lowest BCUT2D eigenvalue weighted by atomic mass is 10.1. The standard InChI is InChI=1S/C24H30N6O2.HI/c1-18-4-5-21(22(12-18)32-17-20-7-11-31-16-20)15-28-24(25-2)27-14-19-6-9-26-23(13-19)30-10-3-8-29-30;/h3-6,8-10,12-13,20H,7,11,14-17H2,1-2H3,(H2,25,27,28);1H. The summed E-state index contributed by atoms with van der Waals surface area (Å²) in [5.74, 6) is 2.89. The smallest absolute Gasteiger partial charge is 0.191 e. The van der Waals surface area contributed by atoms with Gasteiger partial charge in [0, 0.05) is 56.8 Å². The number of nitrogens with zero attached hydrogens (tertiary/aromatic N) is 4. The van der Waals surface area contributed by atoms with Gasteiger partial charge >= 0.3 is 0 Å². The van der Waals surface area contributed by atoms with Gasteiger partial charge in [0.2, 0.25) is 0 Å². The van der Waals surface area contributed by atoms with Crippen molar-refractivity contribution in [2.45, 2.75) is 26.4 Å². The molecule has 0 amide bonds. The molecule has 1 aliphatic heterocycles. The van der Waals surface area contributed by atoms with Gasteiger partial charge in [-0.2, -0.15) is 5.10 Å². The fourth-order valence-electron chi connectivity index (χ4n) is 3.55. The maximum atomic E-state index is 6.15. The molecule has 1 atom stereocenters. The summed E-state index contributed by atoms with van der Waals surface area (Å²) in [5.41, 5.74) is 3.37. The van der Waals surface area contributed by atoms with Crippen molar-refractivity contribution in [3.8, 4) is 11.6 Å². The summed E-state index contributed by atoms with van der Waals surface area (Å²) in [4.78, 5) is 8.72. The van der Waals surface area contributed by atoms with Crippen LogP contribution < -0.4 is 15.4 Å².